The van der Waals surface area contributed by atoms with E-state index in [9.17, 15) is 0 Å². The molecule has 0 amide bonds. The predicted octanol–water partition coefficient (Wildman–Crippen LogP) is 3.73. The molecule has 0 fully saturated rings. The number of nitrogen functional groups attached to an aromatic ring is 1. The summed E-state index contributed by atoms with van der Waals surface area (Å²) in [5.74, 6) is 0. The minimum atomic E-state index is 0.559. The van der Waals surface area contributed by atoms with Gasteiger partial charge in [0, 0.05) is 25.5 Å². The van der Waals surface area contributed by atoms with Crippen LogP contribution in [-0.2, 0) is 0 Å². The zero-order valence-electron chi connectivity index (χ0n) is 10.4. The molecule has 94 valence electrons. The molecular weight excluding hydrogens is 246 g/mol. The summed E-state index contributed by atoms with van der Waals surface area (Å²) in [7, 11) is 4.01. The van der Waals surface area contributed by atoms with Crippen LogP contribution in [-0.4, -0.2) is 14.1 Å². The first-order chi connectivity index (χ1) is 8.58. The molecule has 0 spiro atoms. The Hall–Kier alpha value is -1.87. The van der Waals surface area contributed by atoms with Gasteiger partial charge >= 0.3 is 0 Å². The quantitative estimate of drug-likeness (QED) is 0.827. The minimum Gasteiger partial charge on any atom is -0.396 e. The van der Waals surface area contributed by atoms with Gasteiger partial charge in [0.05, 0.1) is 16.4 Å². The minimum absolute atomic E-state index is 0.559. The van der Waals surface area contributed by atoms with Crippen LogP contribution in [0.3, 0.4) is 0 Å². The van der Waals surface area contributed by atoms with Crippen molar-refractivity contribution in [2.45, 2.75) is 0 Å². The van der Waals surface area contributed by atoms with E-state index in [0.29, 0.717) is 10.7 Å². The maximum atomic E-state index is 5.99. The summed E-state index contributed by atoms with van der Waals surface area (Å²) in [5, 5.41) is 3.83. The molecule has 4 heteroatoms. The first-order valence-corrected chi connectivity index (χ1v) is 6.04. The number of nitrogens with one attached hydrogen (secondary N) is 1. The highest BCUT2D eigenvalue weighted by Gasteiger charge is 2.04. The van der Waals surface area contributed by atoms with Crippen LogP contribution >= 0.6 is 11.6 Å². The topological polar surface area (TPSA) is 41.3 Å². The number of hydrogen-bond donors (Lipinski definition) is 2. The zero-order chi connectivity index (χ0) is 13.1. The lowest BCUT2D eigenvalue weighted by Gasteiger charge is -2.15. The Kier molecular flexibility index (Phi) is 3.63. The molecule has 0 aliphatic carbocycles. The van der Waals surface area contributed by atoms with E-state index in [-0.39, 0.29) is 0 Å². The van der Waals surface area contributed by atoms with Crippen LogP contribution in [0, 0.1) is 0 Å². The summed E-state index contributed by atoms with van der Waals surface area (Å²) in [6, 6.07) is 13.7. The highest BCUT2D eigenvalue weighted by Crippen LogP contribution is 2.30. The Morgan fingerprint density at radius 2 is 1.83 bits per heavy atom. The molecule has 0 saturated heterocycles. The van der Waals surface area contributed by atoms with Gasteiger partial charge < -0.3 is 16.0 Å². The normalized spacial score (nSPS) is 10.2. The van der Waals surface area contributed by atoms with Crippen molar-refractivity contribution in [2.75, 3.05) is 30.0 Å². The summed E-state index contributed by atoms with van der Waals surface area (Å²) < 4.78 is 0. The van der Waals surface area contributed by atoms with Gasteiger partial charge in [0.15, 0.2) is 0 Å². The summed E-state index contributed by atoms with van der Waals surface area (Å²) in [6.45, 7) is 0. The van der Waals surface area contributed by atoms with E-state index in [2.05, 4.69) is 11.4 Å². The molecule has 2 aromatic rings. The van der Waals surface area contributed by atoms with Crippen LogP contribution in [0.15, 0.2) is 42.5 Å². The highest BCUT2D eigenvalue weighted by molar-refractivity contribution is 6.33. The summed E-state index contributed by atoms with van der Waals surface area (Å²) >= 11 is 5.99. The van der Waals surface area contributed by atoms with E-state index in [1.165, 1.54) is 0 Å². The van der Waals surface area contributed by atoms with E-state index >= 15 is 0 Å². The van der Waals surface area contributed by atoms with Crippen LogP contribution in [0.4, 0.5) is 22.7 Å². The molecule has 0 aliphatic rings. The molecule has 0 atom stereocenters. The standard InChI is InChI=1S/C14H16ClN3/c1-18(2)11-6-3-5-10(9-11)17-13-8-4-7-12(15)14(13)16/h3-9,17H,16H2,1-2H3. The fourth-order valence-corrected chi connectivity index (χ4v) is 1.84. The van der Waals surface area contributed by atoms with E-state index < -0.39 is 0 Å². The molecule has 0 bridgehead atoms. The molecule has 2 aromatic carbocycles. The van der Waals surface area contributed by atoms with Crippen LogP contribution in [0.25, 0.3) is 0 Å². The molecule has 0 aromatic heterocycles. The molecular formula is C14H16ClN3. The fraction of sp³-hybridized carbons (Fsp3) is 0.143. The third-order valence-electron chi connectivity index (χ3n) is 2.69. The Bertz CT molecular complexity index is 552. The van der Waals surface area contributed by atoms with Gasteiger partial charge in [0.25, 0.3) is 0 Å². The maximum Gasteiger partial charge on any atom is 0.0742 e. The summed E-state index contributed by atoms with van der Waals surface area (Å²) in [5.41, 5.74) is 9.41. The number of nitrogens with two attached hydrogens (primary N) is 1. The molecule has 3 N–H and O–H groups in total. The largest absolute Gasteiger partial charge is 0.396 e. The third-order valence-corrected chi connectivity index (χ3v) is 3.02. The molecule has 0 unspecified atom stereocenters. The van der Waals surface area contributed by atoms with Gasteiger partial charge in [0.2, 0.25) is 0 Å². The molecule has 2 rings (SSSR count). The monoisotopic (exact) mass is 261 g/mol. The van der Waals surface area contributed by atoms with E-state index in [1.54, 1.807) is 6.07 Å². The first-order valence-electron chi connectivity index (χ1n) is 5.66. The van der Waals surface area contributed by atoms with Crippen LogP contribution in [0.5, 0.6) is 0 Å². The van der Waals surface area contributed by atoms with E-state index in [1.807, 2.05) is 49.3 Å². The lowest BCUT2D eigenvalue weighted by Crippen LogP contribution is -2.08. The Morgan fingerprint density at radius 3 is 2.56 bits per heavy atom. The van der Waals surface area contributed by atoms with Gasteiger partial charge in [-0.25, -0.2) is 0 Å². The lowest BCUT2D eigenvalue weighted by atomic mass is 10.2. The number of anilines is 4. The van der Waals surface area contributed by atoms with Crippen molar-refractivity contribution in [3.05, 3.63) is 47.5 Å². The second-order valence-corrected chi connectivity index (χ2v) is 4.68. The van der Waals surface area contributed by atoms with Crippen molar-refractivity contribution >= 4 is 34.4 Å². The third kappa shape index (κ3) is 2.68. The number of benzene rings is 2. The Balaban J connectivity index is 2.28. The average Bonchev–Trinajstić information content (AvgIpc) is 2.35. The van der Waals surface area contributed by atoms with Crippen LogP contribution < -0.4 is 16.0 Å². The molecule has 0 saturated carbocycles. The highest BCUT2D eigenvalue weighted by atomic mass is 35.5. The second-order valence-electron chi connectivity index (χ2n) is 4.27. The van der Waals surface area contributed by atoms with Crippen molar-refractivity contribution in [3.63, 3.8) is 0 Å². The maximum absolute atomic E-state index is 5.99. The van der Waals surface area contributed by atoms with E-state index in [0.717, 1.165) is 17.1 Å². The Morgan fingerprint density at radius 1 is 1.11 bits per heavy atom. The van der Waals surface area contributed by atoms with Gasteiger partial charge in [-0.3, -0.25) is 0 Å². The molecule has 3 nitrogen and oxygen atoms in total. The van der Waals surface area contributed by atoms with Crippen molar-refractivity contribution in [3.8, 4) is 0 Å². The zero-order valence-corrected chi connectivity index (χ0v) is 11.2. The van der Waals surface area contributed by atoms with Crippen LogP contribution in [0.1, 0.15) is 0 Å². The molecule has 0 radical (unpaired) electrons. The van der Waals surface area contributed by atoms with Crippen molar-refractivity contribution in [1.82, 2.24) is 0 Å². The van der Waals surface area contributed by atoms with Crippen molar-refractivity contribution in [2.24, 2.45) is 0 Å². The van der Waals surface area contributed by atoms with Crippen molar-refractivity contribution < 1.29 is 0 Å². The second kappa shape index (κ2) is 5.19. The predicted molar refractivity (Wildman–Crippen MR) is 79.9 cm³/mol. The summed E-state index contributed by atoms with van der Waals surface area (Å²) in [4.78, 5) is 2.05. The smallest absolute Gasteiger partial charge is 0.0742 e. The lowest BCUT2D eigenvalue weighted by molar-refractivity contribution is 1.13. The van der Waals surface area contributed by atoms with Gasteiger partial charge in [-0.2, -0.15) is 0 Å². The van der Waals surface area contributed by atoms with Crippen LogP contribution in [0.2, 0.25) is 5.02 Å². The molecule has 0 aliphatic heterocycles. The SMILES string of the molecule is CN(C)c1cccc(Nc2cccc(Cl)c2N)c1. The average molecular weight is 262 g/mol. The number of hydrogen-bond acceptors (Lipinski definition) is 3. The fourth-order valence-electron chi connectivity index (χ4n) is 1.66. The molecule has 18 heavy (non-hydrogen) atoms. The number of rotatable bonds is 3. The number of nitrogens with zero attached hydrogens (tertiary/aromatic N) is 1. The van der Waals surface area contributed by atoms with Crippen molar-refractivity contribution in [1.29, 1.82) is 0 Å². The summed E-state index contributed by atoms with van der Waals surface area (Å²) in [6.07, 6.45) is 0. The van der Waals surface area contributed by atoms with E-state index in [4.69, 9.17) is 17.3 Å². The molecule has 0 heterocycles. The van der Waals surface area contributed by atoms with Gasteiger partial charge in [0.1, 0.15) is 0 Å². The number of halogens is 1. The van der Waals surface area contributed by atoms with Gasteiger partial charge in [-0.05, 0) is 30.3 Å². The first kappa shape index (κ1) is 12.6. The Labute approximate surface area is 112 Å². The van der Waals surface area contributed by atoms with Gasteiger partial charge in [-0.1, -0.05) is 23.7 Å². The van der Waals surface area contributed by atoms with Gasteiger partial charge in [-0.15, -0.1) is 0 Å². The number of para-hydroxylation sites is 1.